The second-order valence-electron chi connectivity index (χ2n) is 5.53. The van der Waals surface area contributed by atoms with Crippen LogP contribution in [0, 0.1) is 0 Å². The van der Waals surface area contributed by atoms with Crippen molar-refractivity contribution in [2.45, 2.75) is 13.0 Å². The fraction of sp³-hybridized carbons (Fsp3) is 0.235. The molecule has 0 saturated carbocycles. The highest BCUT2D eigenvalue weighted by Crippen LogP contribution is 2.15. The van der Waals surface area contributed by atoms with E-state index in [0.717, 1.165) is 0 Å². The van der Waals surface area contributed by atoms with E-state index in [4.69, 9.17) is 0 Å². The third-order valence-electron chi connectivity index (χ3n) is 3.61. The van der Waals surface area contributed by atoms with Crippen LogP contribution in [-0.2, 0) is 9.59 Å². The number of aromatic nitrogens is 2. The molecule has 2 heterocycles. The first-order valence-corrected chi connectivity index (χ1v) is 8.17. The molecule has 0 aliphatic carbocycles. The van der Waals surface area contributed by atoms with Gasteiger partial charge in [-0.2, -0.15) is 0 Å². The number of carbonyl (C=O) groups is 2. The van der Waals surface area contributed by atoms with Gasteiger partial charge in [-0.05, 0) is 25.1 Å². The molecule has 9 heteroatoms. The monoisotopic (exact) mass is 353 g/mol. The highest BCUT2D eigenvalue weighted by molar-refractivity contribution is 6.39. The van der Waals surface area contributed by atoms with Crippen LogP contribution in [0.1, 0.15) is 6.92 Å². The lowest BCUT2D eigenvalue weighted by Crippen LogP contribution is -2.58. The Kier molecular flexibility index (Phi) is 5.37. The summed E-state index contributed by atoms with van der Waals surface area (Å²) in [7, 11) is 0. The average molecular weight is 353 g/mol. The van der Waals surface area contributed by atoms with Crippen molar-refractivity contribution >= 4 is 29.3 Å². The van der Waals surface area contributed by atoms with Crippen LogP contribution >= 0.6 is 0 Å². The van der Waals surface area contributed by atoms with Gasteiger partial charge in [0, 0.05) is 25.5 Å². The van der Waals surface area contributed by atoms with Crippen molar-refractivity contribution in [3.8, 4) is 0 Å². The van der Waals surface area contributed by atoms with E-state index >= 15 is 0 Å². The maximum atomic E-state index is 12.3. The summed E-state index contributed by atoms with van der Waals surface area (Å²) < 4.78 is 0. The highest BCUT2D eigenvalue weighted by Gasteiger charge is 2.30. The van der Waals surface area contributed by atoms with Crippen LogP contribution < -0.4 is 21.1 Å². The molecule has 0 radical (unpaired) electrons. The van der Waals surface area contributed by atoms with Gasteiger partial charge in [0.2, 0.25) is 11.8 Å². The first-order valence-electron chi connectivity index (χ1n) is 8.17. The number of anilines is 2. The number of nitrogens with one attached hydrogen (secondary N) is 3. The fourth-order valence-corrected chi connectivity index (χ4v) is 2.33. The standard InChI is InChI=1S/C17H19N7O2/c1-12-16(26)24(13-6-3-2-4-7-13)23-14(22-12)15(25)18-10-11-21-17-19-8-5-9-20-17/h2-9,12H,10-11H2,1H3,(H,18,25)(H,22,23)(H,19,20,21). The maximum absolute atomic E-state index is 12.3. The molecule has 134 valence electrons. The number of para-hydroxylation sites is 1. The topological polar surface area (TPSA) is 112 Å². The Bertz CT molecular complexity index is 795. The van der Waals surface area contributed by atoms with Gasteiger partial charge in [-0.25, -0.2) is 20.0 Å². The summed E-state index contributed by atoms with van der Waals surface area (Å²) >= 11 is 0. The van der Waals surface area contributed by atoms with Crippen LogP contribution in [0.3, 0.4) is 0 Å². The molecule has 3 N–H and O–H groups in total. The summed E-state index contributed by atoms with van der Waals surface area (Å²) in [6.45, 7) is 2.46. The number of amides is 2. The largest absolute Gasteiger partial charge is 0.352 e. The molecule has 0 fully saturated rings. The molecular formula is C17H19N7O2. The Morgan fingerprint density at radius 2 is 1.88 bits per heavy atom. The van der Waals surface area contributed by atoms with E-state index in [1.54, 1.807) is 37.5 Å². The first kappa shape index (κ1) is 17.3. The molecule has 1 aliphatic heterocycles. The molecular weight excluding hydrogens is 334 g/mol. The summed E-state index contributed by atoms with van der Waals surface area (Å²) in [5.41, 5.74) is 3.43. The summed E-state index contributed by atoms with van der Waals surface area (Å²) in [6, 6.07) is 10.1. The SMILES string of the molecule is CC1N=C(C(=O)NCCNc2ncccn2)NN(c2ccccc2)C1=O. The summed E-state index contributed by atoms with van der Waals surface area (Å²) in [5, 5.41) is 7.07. The van der Waals surface area contributed by atoms with Gasteiger partial charge in [-0.3, -0.25) is 15.0 Å². The van der Waals surface area contributed by atoms with Gasteiger partial charge >= 0.3 is 0 Å². The Morgan fingerprint density at radius 3 is 2.62 bits per heavy atom. The molecule has 1 aliphatic rings. The lowest BCUT2D eigenvalue weighted by atomic mass is 10.2. The average Bonchev–Trinajstić information content (AvgIpc) is 2.68. The van der Waals surface area contributed by atoms with E-state index in [9.17, 15) is 9.59 Å². The van der Waals surface area contributed by atoms with Gasteiger partial charge in [-0.1, -0.05) is 18.2 Å². The molecule has 0 spiro atoms. The summed E-state index contributed by atoms with van der Waals surface area (Å²) in [6.07, 6.45) is 3.26. The van der Waals surface area contributed by atoms with Crippen molar-refractivity contribution in [1.82, 2.24) is 20.7 Å². The van der Waals surface area contributed by atoms with Crippen LogP contribution in [0.4, 0.5) is 11.6 Å². The van der Waals surface area contributed by atoms with Crippen molar-refractivity contribution in [2.75, 3.05) is 23.4 Å². The Labute approximate surface area is 150 Å². The maximum Gasteiger partial charge on any atom is 0.288 e. The van der Waals surface area contributed by atoms with E-state index < -0.39 is 6.04 Å². The van der Waals surface area contributed by atoms with Gasteiger partial charge in [0.15, 0.2) is 0 Å². The fourth-order valence-electron chi connectivity index (χ4n) is 2.33. The minimum Gasteiger partial charge on any atom is -0.352 e. The minimum absolute atomic E-state index is 0.0944. The molecule has 1 unspecified atom stereocenters. The molecule has 2 amide bonds. The van der Waals surface area contributed by atoms with Crippen LogP contribution in [0.25, 0.3) is 0 Å². The molecule has 1 aromatic heterocycles. The number of hydrogen-bond acceptors (Lipinski definition) is 7. The lowest BCUT2D eigenvalue weighted by molar-refractivity contribution is -0.120. The van der Waals surface area contributed by atoms with Crippen molar-refractivity contribution in [1.29, 1.82) is 0 Å². The molecule has 1 aromatic carbocycles. The molecule has 0 bridgehead atoms. The van der Waals surface area contributed by atoms with Crippen LogP contribution in [0.5, 0.6) is 0 Å². The van der Waals surface area contributed by atoms with Crippen molar-refractivity contribution in [3.63, 3.8) is 0 Å². The Balaban J connectivity index is 1.56. The van der Waals surface area contributed by atoms with E-state index in [2.05, 4.69) is 31.0 Å². The van der Waals surface area contributed by atoms with E-state index in [-0.39, 0.29) is 17.6 Å². The second-order valence-corrected chi connectivity index (χ2v) is 5.53. The smallest absolute Gasteiger partial charge is 0.288 e. The van der Waals surface area contributed by atoms with E-state index in [1.165, 1.54) is 5.01 Å². The number of nitrogens with zero attached hydrogens (tertiary/aromatic N) is 4. The van der Waals surface area contributed by atoms with Crippen molar-refractivity contribution < 1.29 is 9.59 Å². The number of benzene rings is 1. The highest BCUT2D eigenvalue weighted by atomic mass is 16.2. The Hall–Kier alpha value is -3.49. The van der Waals surface area contributed by atoms with Crippen LogP contribution in [-0.4, -0.2) is 46.7 Å². The van der Waals surface area contributed by atoms with Gasteiger partial charge in [-0.15, -0.1) is 0 Å². The number of aliphatic imine (C=N–C) groups is 1. The van der Waals surface area contributed by atoms with Gasteiger partial charge in [0.05, 0.1) is 5.69 Å². The zero-order valence-electron chi connectivity index (χ0n) is 14.2. The third kappa shape index (κ3) is 4.12. The zero-order valence-corrected chi connectivity index (χ0v) is 14.2. The quantitative estimate of drug-likeness (QED) is 0.646. The molecule has 3 rings (SSSR count). The molecule has 1 atom stereocenters. The van der Waals surface area contributed by atoms with Gasteiger partial charge < -0.3 is 10.6 Å². The predicted molar refractivity (Wildman–Crippen MR) is 97.5 cm³/mol. The van der Waals surface area contributed by atoms with E-state index in [1.807, 2.05) is 18.2 Å². The third-order valence-corrected chi connectivity index (χ3v) is 3.61. The number of hydrogen-bond donors (Lipinski definition) is 3. The lowest BCUT2D eigenvalue weighted by Gasteiger charge is -2.30. The molecule has 26 heavy (non-hydrogen) atoms. The number of carbonyl (C=O) groups excluding carboxylic acids is 2. The molecule has 2 aromatic rings. The Morgan fingerprint density at radius 1 is 1.15 bits per heavy atom. The number of rotatable bonds is 6. The predicted octanol–water partition coefficient (Wildman–Crippen LogP) is 0.343. The number of hydrazine groups is 1. The minimum atomic E-state index is -0.645. The van der Waals surface area contributed by atoms with E-state index in [0.29, 0.717) is 24.7 Å². The summed E-state index contributed by atoms with van der Waals surface area (Å²) in [4.78, 5) is 36.8. The zero-order chi connectivity index (χ0) is 18.4. The van der Waals surface area contributed by atoms with Gasteiger partial charge in [0.1, 0.15) is 6.04 Å². The van der Waals surface area contributed by atoms with Crippen molar-refractivity contribution in [2.24, 2.45) is 4.99 Å². The van der Waals surface area contributed by atoms with Gasteiger partial charge in [0.25, 0.3) is 11.8 Å². The number of amidine groups is 1. The van der Waals surface area contributed by atoms with Crippen molar-refractivity contribution in [3.05, 3.63) is 48.8 Å². The second kappa shape index (κ2) is 8.06. The first-order chi connectivity index (χ1) is 12.6. The molecule has 9 nitrogen and oxygen atoms in total. The molecule has 0 saturated heterocycles. The summed E-state index contributed by atoms with van der Waals surface area (Å²) in [5.74, 6) is -0.0297. The normalized spacial score (nSPS) is 16.5. The van der Waals surface area contributed by atoms with Crippen LogP contribution in [0.2, 0.25) is 0 Å². The van der Waals surface area contributed by atoms with Crippen LogP contribution in [0.15, 0.2) is 53.8 Å².